The highest BCUT2D eigenvalue weighted by atomic mass is 19.1. The smallest absolute Gasteiger partial charge is 0.149 e. The maximum Gasteiger partial charge on any atom is 0.149 e. The molecule has 2 N–H and O–H groups in total. The van der Waals surface area contributed by atoms with Gasteiger partial charge in [0.2, 0.25) is 0 Å². The number of rotatable bonds is 1. The number of nitrogens with zero attached hydrogens (tertiary/aromatic N) is 1. The summed E-state index contributed by atoms with van der Waals surface area (Å²) in [5, 5.41) is 0. The fourth-order valence-electron chi connectivity index (χ4n) is 1.28. The molecule has 0 atom stereocenters. The monoisotopic (exact) mass is 224 g/mol. The number of pyridine rings is 1. The van der Waals surface area contributed by atoms with Crippen LogP contribution in [0.1, 0.15) is 0 Å². The zero-order valence-corrected chi connectivity index (χ0v) is 8.05. The van der Waals surface area contributed by atoms with Crippen molar-refractivity contribution in [3.8, 4) is 11.3 Å². The number of hydrogen-bond acceptors (Lipinski definition) is 2. The molecule has 82 valence electrons. The van der Waals surface area contributed by atoms with E-state index in [-0.39, 0.29) is 11.3 Å². The number of nitrogen functional groups attached to an aromatic ring is 1. The molecular weight excluding hydrogens is 217 g/mol. The van der Waals surface area contributed by atoms with Crippen LogP contribution in [0.15, 0.2) is 30.5 Å². The van der Waals surface area contributed by atoms with Crippen LogP contribution in [0.25, 0.3) is 11.3 Å². The second-order valence-electron chi connectivity index (χ2n) is 3.22. The van der Waals surface area contributed by atoms with Crippen LogP contribution in [0, 0.1) is 17.5 Å². The molecule has 0 aliphatic rings. The molecule has 0 fully saturated rings. The van der Waals surface area contributed by atoms with Gasteiger partial charge >= 0.3 is 0 Å². The third-order valence-electron chi connectivity index (χ3n) is 2.10. The Hall–Kier alpha value is -2.04. The van der Waals surface area contributed by atoms with Crippen LogP contribution in [0.4, 0.5) is 18.9 Å². The van der Waals surface area contributed by atoms with Gasteiger partial charge in [0, 0.05) is 5.56 Å². The summed E-state index contributed by atoms with van der Waals surface area (Å²) >= 11 is 0. The van der Waals surface area contributed by atoms with Crippen molar-refractivity contribution >= 4 is 5.69 Å². The Morgan fingerprint density at radius 3 is 2.12 bits per heavy atom. The Labute approximate surface area is 89.5 Å². The molecule has 0 unspecified atom stereocenters. The number of nitrogens with two attached hydrogens (primary N) is 1. The molecule has 0 amide bonds. The lowest BCUT2D eigenvalue weighted by atomic mass is 10.1. The second-order valence-corrected chi connectivity index (χ2v) is 3.22. The Balaban J connectivity index is 2.52. The Bertz CT molecular complexity index is 500. The van der Waals surface area contributed by atoms with E-state index >= 15 is 0 Å². The second kappa shape index (κ2) is 3.84. The van der Waals surface area contributed by atoms with Crippen molar-refractivity contribution in [1.82, 2.24) is 4.98 Å². The van der Waals surface area contributed by atoms with Crippen molar-refractivity contribution in [3.05, 3.63) is 47.9 Å². The van der Waals surface area contributed by atoms with Gasteiger partial charge in [0.05, 0.1) is 11.9 Å². The minimum atomic E-state index is -0.860. The van der Waals surface area contributed by atoms with E-state index in [9.17, 15) is 13.2 Å². The number of hydrogen-bond donors (Lipinski definition) is 1. The third-order valence-corrected chi connectivity index (χ3v) is 2.10. The lowest BCUT2D eigenvalue weighted by Gasteiger charge is -2.04. The summed E-state index contributed by atoms with van der Waals surface area (Å²) in [7, 11) is 0. The molecule has 0 spiro atoms. The molecule has 16 heavy (non-hydrogen) atoms. The normalized spacial score (nSPS) is 10.4. The van der Waals surface area contributed by atoms with Gasteiger partial charge in [-0.25, -0.2) is 13.2 Å². The first-order valence-electron chi connectivity index (χ1n) is 4.44. The summed E-state index contributed by atoms with van der Waals surface area (Å²) in [6.45, 7) is 0. The highest BCUT2D eigenvalue weighted by molar-refractivity contribution is 5.62. The number of halogens is 3. The van der Waals surface area contributed by atoms with Crippen LogP contribution in [0.2, 0.25) is 0 Å². The Kier molecular flexibility index (Phi) is 2.52. The zero-order chi connectivity index (χ0) is 11.7. The van der Waals surface area contributed by atoms with E-state index in [4.69, 9.17) is 5.73 Å². The van der Waals surface area contributed by atoms with Crippen LogP contribution < -0.4 is 5.73 Å². The molecule has 1 aromatic carbocycles. The molecule has 2 aromatic rings. The summed E-state index contributed by atoms with van der Waals surface area (Å²) < 4.78 is 38.9. The topological polar surface area (TPSA) is 38.9 Å². The number of anilines is 1. The molecule has 0 saturated heterocycles. The molecule has 1 heterocycles. The maximum absolute atomic E-state index is 13.1. The molecule has 0 bridgehead atoms. The van der Waals surface area contributed by atoms with Gasteiger partial charge in [-0.15, -0.1) is 0 Å². The quantitative estimate of drug-likeness (QED) is 0.756. The first-order chi connectivity index (χ1) is 7.58. The maximum atomic E-state index is 13.1. The highest BCUT2D eigenvalue weighted by Crippen LogP contribution is 2.24. The van der Waals surface area contributed by atoms with Gasteiger partial charge in [-0.3, -0.25) is 4.98 Å². The fraction of sp³-hybridized carbons (Fsp3) is 0. The van der Waals surface area contributed by atoms with E-state index in [1.807, 2.05) is 0 Å². The number of aromatic nitrogens is 1. The summed E-state index contributed by atoms with van der Waals surface area (Å²) in [5.74, 6) is -2.23. The minimum absolute atomic E-state index is 0.212. The largest absolute Gasteiger partial charge is 0.394 e. The Morgan fingerprint density at radius 1 is 1.00 bits per heavy atom. The van der Waals surface area contributed by atoms with Gasteiger partial charge in [-0.2, -0.15) is 0 Å². The van der Waals surface area contributed by atoms with Gasteiger partial charge in [0.15, 0.2) is 0 Å². The molecule has 2 nitrogen and oxygen atoms in total. The average Bonchev–Trinajstić information content (AvgIpc) is 2.26. The van der Waals surface area contributed by atoms with Gasteiger partial charge < -0.3 is 5.73 Å². The van der Waals surface area contributed by atoms with Gasteiger partial charge in [0.1, 0.15) is 23.1 Å². The van der Waals surface area contributed by atoms with E-state index in [1.165, 1.54) is 6.07 Å². The van der Waals surface area contributed by atoms with E-state index in [0.29, 0.717) is 0 Å². The third kappa shape index (κ3) is 1.84. The lowest BCUT2D eigenvalue weighted by molar-refractivity contribution is 0.592. The fourth-order valence-corrected chi connectivity index (χ4v) is 1.28. The van der Waals surface area contributed by atoms with Gasteiger partial charge in [-0.1, -0.05) is 0 Å². The number of benzene rings is 1. The Morgan fingerprint density at radius 2 is 1.62 bits per heavy atom. The summed E-state index contributed by atoms with van der Waals surface area (Å²) in [6.07, 6.45) is 0.974. The van der Waals surface area contributed by atoms with Crippen molar-refractivity contribution in [2.75, 3.05) is 5.73 Å². The molecule has 0 aliphatic carbocycles. The lowest BCUT2D eigenvalue weighted by Crippen LogP contribution is -1.96. The van der Waals surface area contributed by atoms with Crippen LogP contribution in [0.3, 0.4) is 0 Å². The van der Waals surface area contributed by atoms with Gasteiger partial charge in [0.25, 0.3) is 0 Å². The van der Waals surface area contributed by atoms with Crippen molar-refractivity contribution in [2.24, 2.45) is 0 Å². The average molecular weight is 224 g/mol. The molecule has 1 aromatic heterocycles. The van der Waals surface area contributed by atoms with Gasteiger partial charge in [-0.05, 0) is 24.3 Å². The first kappa shape index (κ1) is 10.5. The van der Waals surface area contributed by atoms with Crippen LogP contribution >= 0.6 is 0 Å². The summed E-state index contributed by atoms with van der Waals surface area (Å²) in [5.41, 5.74) is 5.08. The first-order valence-corrected chi connectivity index (χ1v) is 4.44. The molecule has 0 saturated carbocycles. The van der Waals surface area contributed by atoms with E-state index in [0.717, 1.165) is 24.4 Å². The molecule has 2 rings (SSSR count). The van der Waals surface area contributed by atoms with Crippen molar-refractivity contribution in [1.29, 1.82) is 0 Å². The molecule has 0 aliphatic heterocycles. The minimum Gasteiger partial charge on any atom is -0.394 e. The van der Waals surface area contributed by atoms with Crippen LogP contribution in [-0.2, 0) is 0 Å². The summed E-state index contributed by atoms with van der Waals surface area (Å²) in [4.78, 5) is 3.71. The van der Waals surface area contributed by atoms with E-state index in [1.54, 1.807) is 0 Å². The zero-order valence-electron chi connectivity index (χ0n) is 8.05. The predicted molar refractivity (Wildman–Crippen MR) is 54.0 cm³/mol. The van der Waals surface area contributed by atoms with Crippen molar-refractivity contribution < 1.29 is 13.2 Å². The molecule has 5 heteroatoms. The van der Waals surface area contributed by atoms with E-state index < -0.39 is 23.1 Å². The van der Waals surface area contributed by atoms with Crippen LogP contribution in [0.5, 0.6) is 0 Å². The highest BCUT2D eigenvalue weighted by Gasteiger charge is 2.09. The molecule has 0 radical (unpaired) electrons. The summed E-state index contributed by atoms with van der Waals surface area (Å²) in [6, 6.07) is 4.60. The molecular formula is C11H7F3N2. The SMILES string of the molecule is Nc1c(F)cc(-c2ccc(F)cn2)cc1F. The standard InChI is InChI=1S/C11H7F3N2/c12-7-1-2-10(16-5-7)6-3-8(13)11(15)9(14)4-6/h1-5H,15H2. The van der Waals surface area contributed by atoms with Crippen molar-refractivity contribution in [2.45, 2.75) is 0 Å². The van der Waals surface area contributed by atoms with Crippen LogP contribution in [-0.4, -0.2) is 4.98 Å². The van der Waals surface area contributed by atoms with E-state index in [2.05, 4.69) is 4.98 Å². The van der Waals surface area contributed by atoms with Crippen molar-refractivity contribution in [3.63, 3.8) is 0 Å². The predicted octanol–water partition coefficient (Wildman–Crippen LogP) is 2.75.